The van der Waals surface area contributed by atoms with Gasteiger partial charge in [0.2, 0.25) is 0 Å². The van der Waals surface area contributed by atoms with Crippen molar-refractivity contribution in [2.45, 2.75) is 39.5 Å². The fourth-order valence-electron chi connectivity index (χ4n) is 1.25. The fraction of sp³-hybridized carbons (Fsp3) is 0.727. The molecule has 0 aliphatic rings. The first kappa shape index (κ1) is 12.2. The minimum atomic E-state index is 0.255. The highest BCUT2D eigenvalue weighted by atomic mass is 16.5. The van der Waals surface area contributed by atoms with E-state index in [1.165, 1.54) is 5.56 Å². The van der Waals surface area contributed by atoms with Gasteiger partial charge in [0.15, 0.2) is 0 Å². The molecule has 0 saturated heterocycles. The number of nitrogens with zero attached hydrogens (tertiary/aromatic N) is 2. The summed E-state index contributed by atoms with van der Waals surface area (Å²) in [5.74, 6) is 0. The molecule has 0 amide bonds. The molecule has 1 atom stereocenters. The van der Waals surface area contributed by atoms with Crippen LogP contribution in [0.25, 0.3) is 0 Å². The second kappa shape index (κ2) is 5.88. The zero-order chi connectivity index (χ0) is 11.3. The number of rotatable bonds is 6. The average Bonchev–Trinajstić information content (AvgIpc) is 2.66. The quantitative estimate of drug-likeness (QED) is 0.776. The molecule has 4 heteroatoms. The molecule has 1 aromatic heterocycles. The first-order valence-corrected chi connectivity index (χ1v) is 5.40. The molecule has 0 spiro atoms. The van der Waals surface area contributed by atoms with Crippen molar-refractivity contribution >= 4 is 0 Å². The molecule has 0 saturated carbocycles. The molecule has 1 rings (SSSR count). The Morgan fingerprint density at radius 1 is 1.47 bits per heavy atom. The van der Waals surface area contributed by atoms with E-state index < -0.39 is 0 Å². The van der Waals surface area contributed by atoms with E-state index in [0.717, 1.165) is 13.1 Å². The van der Waals surface area contributed by atoms with Crippen molar-refractivity contribution in [3.8, 4) is 0 Å². The van der Waals surface area contributed by atoms with Crippen LogP contribution in [-0.2, 0) is 11.3 Å². The van der Waals surface area contributed by atoms with Crippen LogP contribution in [0.2, 0.25) is 0 Å². The van der Waals surface area contributed by atoms with E-state index in [0.29, 0.717) is 6.04 Å². The number of hydrogen-bond acceptors (Lipinski definition) is 3. The van der Waals surface area contributed by atoms with Gasteiger partial charge in [-0.3, -0.25) is 4.68 Å². The zero-order valence-corrected chi connectivity index (χ0v) is 10.0. The molecule has 86 valence electrons. The van der Waals surface area contributed by atoms with Crippen LogP contribution in [0, 0.1) is 0 Å². The molecular formula is C11H21N3O. The SMILES string of the molecule is COC(C)CNCc1cnn(C(C)C)c1. The van der Waals surface area contributed by atoms with Crippen LogP contribution < -0.4 is 5.32 Å². The highest BCUT2D eigenvalue weighted by Crippen LogP contribution is 2.04. The maximum absolute atomic E-state index is 5.15. The summed E-state index contributed by atoms with van der Waals surface area (Å²) in [6, 6.07) is 0.427. The van der Waals surface area contributed by atoms with E-state index in [2.05, 4.69) is 30.5 Å². The molecule has 4 nitrogen and oxygen atoms in total. The Morgan fingerprint density at radius 3 is 2.73 bits per heavy atom. The minimum Gasteiger partial charge on any atom is -0.380 e. The maximum Gasteiger partial charge on any atom is 0.0667 e. The van der Waals surface area contributed by atoms with Crippen molar-refractivity contribution in [2.75, 3.05) is 13.7 Å². The van der Waals surface area contributed by atoms with Gasteiger partial charge in [0, 0.05) is 38.0 Å². The summed E-state index contributed by atoms with van der Waals surface area (Å²) in [6.45, 7) is 8.00. The van der Waals surface area contributed by atoms with Gasteiger partial charge < -0.3 is 10.1 Å². The lowest BCUT2D eigenvalue weighted by Crippen LogP contribution is -2.25. The largest absolute Gasteiger partial charge is 0.380 e. The van der Waals surface area contributed by atoms with Gasteiger partial charge in [-0.2, -0.15) is 5.10 Å². The van der Waals surface area contributed by atoms with Crippen LogP contribution in [0.15, 0.2) is 12.4 Å². The fourth-order valence-corrected chi connectivity index (χ4v) is 1.25. The summed E-state index contributed by atoms with van der Waals surface area (Å²) < 4.78 is 7.12. The third kappa shape index (κ3) is 4.01. The molecule has 1 aromatic rings. The molecule has 0 radical (unpaired) electrons. The maximum atomic E-state index is 5.15. The van der Waals surface area contributed by atoms with Crippen LogP contribution in [0.1, 0.15) is 32.4 Å². The Balaban J connectivity index is 2.31. The van der Waals surface area contributed by atoms with Gasteiger partial charge in [-0.1, -0.05) is 0 Å². The third-order valence-corrected chi connectivity index (χ3v) is 2.35. The van der Waals surface area contributed by atoms with Crippen molar-refractivity contribution in [1.82, 2.24) is 15.1 Å². The van der Waals surface area contributed by atoms with Gasteiger partial charge in [-0.05, 0) is 20.8 Å². The Kier molecular flexibility index (Phi) is 4.78. The van der Waals surface area contributed by atoms with Gasteiger partial charge in [0.25, 0.3) is 0 Å². The van der Waals surface area contributed by atoms with E-state index in [1.807, 2.05) is 17.8 Å². The Labute approximate surface area is 91.6 Å². The lowest BCUT2D eigenvalue weighted by atomic mass is 10.3. The molecule has 1 N–H and O–H groups in total. The Hall–Kier alpha value is -0.870. The summed E-state index contributed by atoms with van der Waals surface area (Å²) in [6.07, 6.45) is 4.24. The van der Waals surface area contributed by atoms with Crippen molar-refractivity contribution in [1.29, 1.82) is 0 Å². The number of hydrogen-bond donors (Lipinski definition) is 1. The van der Waals surface area contributed by atoms with Gasteiger partial charge in [-0.15, -0.1) is 0 Å². The summed E-state index contributed by atoms with van der Waals surface area (Å²) in [5.41, 5.74) is 1.21. The zero-order valence-electron chi connectivity index (χ0n) is 10.0. The summed E-state index contributed by atoms with van der Waals surface area (Å²) in [4.78, 5) is 0. The first-order valence-electron chi connectivity index (χ1n) is 5.40. The van der Waals surface area contributed by atoms with E-state index in [1.54, 1.807) is 7.11 Å². The standard InChI is InChI=1S/C11H21N3O/c1-9(2)14-8-11(7-13-14)6-12-5-10(3)15-4/h7-10,12H,5-6H2,1-4H3. The monoisotopic (exact) mass is 211 g/mol. The first-order chi connectivity index (χ1) is 7.13. The number of methoxy groups -OCH3 is 1. The van der Waals surface area contributed by atoms with E-state index in [4.69, 9.17) is 4.74 Å². The minimum absolute atomic E-state index is 0.255. The third-order valence-electron chi connectivity index (χ3n) is 2.35. The molecule has 0 aliphatic carbocycles. The van der Waals surface area contributed by atoms with Gasteiger partial charge in [0.05, 0.1) is 12.3 Å². The molecule has 1 unspecified atom stereocenters. The van der Waals surface area contributed by atoms with Crippen molar-refractivity contribution in [3.05, 3.63) is 18.0 Å². The van der Waals surface area contributed by atoms with Crippen molar-refractivity contribution in [2.24, 2.45) is 0 Å². The van der Waals surface area contributed by atoms with Crippen LogP contribution in [0.3, 0.4) is 0 Å². The van der Waals surface area contributed by atoms with E-state index >= 15 is 0 Å². The van der Waals surface area contributed by atoms with Gasteiger partial charge in [0.1, 0.15) is 0 Å². The molecule has 0 bridgehead atoms. The number of nitrogens with one attached hydrogen (secondary N) is 1. The average molecular weight is 211 g/mol. The summed E-state index contributed by atoms with van der Waals surface area (Å²) in [5, 5.41) is 7.61. The van der Waals surface area contributed by atoms with Crippen LogP contribution in [0.5, 0.6) is 0 Å². The highest BCUT2D eigenvalue weighted by molar-refractivity contribution is 5.03. The molecule has 0 fully saturated rings. The summed E-state index contributed by atoms with van der Waals surface area (Å²) >= 11 is 0. The predicted molar refractivity (Wildman–Crippen MR) is 60.8 cm³/mol. The Morgan fingerprint density at radius 2 is 2.20 bits per heavy atom. The van der Waals surface area contributed by atoms with Gasteiger partial charge in [-0.25, -0.2) is 0 Å². The Bertz CT molecular complexity index is 283. The van der Waals surface area contributed by atoms with Crippen molar-refractivity contribution in [3.63, 3.8) is 0 Å². The smallest absolute Gasteiger partial charge is 0.0667 e. The van der Waals surface area contributed by atoms with Gasteiger partial charge >= 0.3 is 0 Å². The second-order valence-electron chi connectivity index (χ2n) is 4.10. The van der Waals surface area contributed by atoms with Crippen molar-refractivity contribution < 1.29 is 4.74 Å². The number of ether oxygens (including phenoxy) is 1. The topological polar surface area (TPSA) is 39.1 Å². The van der Waals surface area contributed by atoms with Crippen LogP contribution >= 0.6 is 0 Å². The molecule has 0 aromatic carbocycles. The molecule has 15 heavy (non-hydrogen) atoms. The predicted octanol–water partition coefficient (Wildman–Crippen LogP) is 1.59. The lowest BCUT2D eigenvalue weighted by molar-refractivity contribution is 0.117. The second-order valence-corrected chi connectivity index (χ2v) is 4.10. The molecule has 0 aliphatic heterocycles. The molecule has 1 heterocycles. The normalized spacial score (nSPS) is 13.4. The van der Waals surface area contributed by atoms with E-state index in [9.17, 15) is 0 Å². The number of aromatic nitrogens is 2. The van der Waals surface area contributed by atoms with E-state index in [-0.39, 0.29) is 6.10 Å². The lowest BCUT2D eigenvalue weighted by Gasteiger charge is -2.09. The van der Waals surface area contributed by atoms with Crippen LogP contribution in [0.4, 0.5) is 0 Å². The highest BCUT2D eigenvalue weighted by Gasteiger charge is 2.02. The van der Waals surface area contributed by atoms with Crippen LogP contribution in [-0.4, -0.2) is 29.5 Å². The molecular weight excluding hydrogens is 190 g/mol. The summed E-state index contributed by atoms with van der Waals surface area (Å²) in [7, 11) is 1.73.